The van der Waals surface area contributed by atoms with E-state index in [1.54, 1.807) is 30.3 Å². The summed E-state index contributed by atoms with van der Waals surface area (Å²) in [6.45, 7) is 4.44. The van der Waals surface area contributed by atoms with Gasteiger partial charge < -0.3 is 20.3 Å². The number of hydrogen-bond acceptors (Lipinski definition) is 4. The fraction of sp³-hybridized carbons (Fsp3) is 0.455. The van der Waals surface area contributed by atoms with Crippen LogP contribution in [0.1, 0.15) is 23.8 Å². The molecule has 1 heterocycles. The Morgan fingerprint density at radius 2 is 1.93 bits per heavy atom. The Morgan fingerprint density at radius 3 is 2.62 bits per heavy atom. The topological polar surface area (TPSA) is 66.0 Å². The molecule has 2 aromatic rings. The number of guanidine groups is 1. The smallest absolute Gasteiger partial charge is 0.243 e. The molecule has 1 aromatic heterocycles. The molecule has 2 rings (SSSR count). The number of nitrogens with one attached hydrogen (secondary N) is 2. The molecule has 6 nitrogen and oxygen atoms in total. The van der Waals surface area contributed by atoms with Gasteiger partial charge >= 0.3 is 0 Å². The summed E-state index contributed by atoms with van der Waals surface area (Å²) in [5.41, 5.74) is 1.20. The number of rotatable bonds is 11. The van der Waals surface area contributed by atoms with Gasteiger partial charge in [-0.3, -0.25) is 4.79 Å². The van der Waals surface area contributed by atoms with E-state index in [9.17, 15) is 4.79 Å². The third kappa shape index (κ3) is 9.00. The van der Waals surface area contributed by atoms with Gasteiger partial charge in [-0.1, -0.05) is 25.1 Å². The summed E-state index contributed by atoms with van der Waals surface area (Å²) in [5, 5.41) is 8.74. The van der Waals surface area contributed by atoms with Crippen LogP contribution in [0.3, 0.4) is 0 Å². The lowest BCUT2D eigenvalue weighted by atomic mass is 10.1. The van der Waals surface area contributed by atoms with Crippen LogP contribution in [-0.4, -0.2) is 57.1 Å². The van der Waals surface area contributed by atoms with Crippen LogP contribution in [0.4, 0.5) is 0 Å². The Balaban J connectivity index is 1.86. The van der Waals surface area contributed by atoms with Crippen molar-refractivity contribution >= 4 is 23.2 Å². The van der Waals surface area contributed by atoms with Crippen molar-refractivity contribution in [2.24, 2.45) is 4.99 Å². The Bertz CT molecular complexity index is 760. The SMILES string of the molecule is CCCOc1cccc(CCNC(=NCC(=O)N(C)C)NCCc2cccs2)c1. The molecule has 0 bridgehead atoms. The monoisotopic (exact) mass is 416 g/mol. The number of thiophene rings is 1. The number of nitrogens with zero attached hydrogens (tertiary/aromatic N) is 2. The number of hydrogen-bond donors (Lipinski definition) is 2. The number of benzene rings is 1. The van der Waals surface area contributed by atoms with Gasteiger partial charge in [0.15, 0.2) is 5.96 Å². The number of aliphatic imine (C=N–C) groups is 1. The first-order chi connectivity index (χ1) is 14.1. The molecule has 0 saturated carbocycles. The molecule has 0 aliphatic carbocycles. The van der Waals surface area contributed by atoms with Gasteiger partial charge in [0, 0.05) is 32.1 Å². The normalized spacial score (nSPS) is 11.2. The lowest BCUT2D eigenvalue weighted by Gasteiger charge is -2.14. The van der Waals surface area contributed by atoms with E-state index in [1.807, 2.05) is 12.1 Å². The number of amides is 1. The van der Waals surface area contributed by atoms with E-state index in [-0.39, 0.29) is 12.5 Å². The average Bonchev–Trinajstić information content (AvgIpc) is 3.23. The van der Waals surface area contributed by atoms with Crippen molar-refractivity contribution in [2.45, 2.75) is 26.2 Å². The van der Waals surface area contributed by atoms with Crippen molar-refractivity contribution < 1.29 is 9.53 Å². The van der Waals surface area contributed by atoms with Crippen molar-refractivity contribution in [1.29, 1.82) is 0 Å². The zero-order valence-electron chi connectivity index (χ0n) is 17.6. The van der Waals surface area contributed by atoms with Crippen molar-refractivity contribution in [3.05, 3.63) is 52.2 Å². The summed E-state index contributed by atoms with van der Waals surface area (Å²) in [6.07, 6.45) is 2.77. The van der Waals surface area contributed by atoms with Crippen LogP contribution in [0.25, 0.3) is 0 Å². The molecule has 0 aliphatic rings. The first-order valence-corrected chi connectivity index (χ1v) is 10.9. The lowest BCUT2D eigenvalue weighted by molar-refractivity contribution is -0.127. The quantitative estimate of drug-likeness (QED) is 0.437. The molecule has 29 heavy (non-hydrogen) atoms. The fourth-order valence-corrected chi connectivity index (χ4v) is 3.27. The Labute approximate surface area is 178 Å². The zero-order valence-corrected chi connectivity index (χ0v) is 18.4. The van der Waals surface area contributed by atoms with Gasteiger partial charge in [0.1, 0.15) is 12.3 Å². The molecule has 0 spiro atoms. The molecule has 0 fully saturated rings. The number of carbonyl (C=O) groups excluding carboxylic acids is 1. The zero-order chi connectivity index (χ0) is 20.9. The first-order valence-electron chi connectivity index (χ1n) is 10.0. The summed E-state index contributed by atoms with van der Waals surface area (Å²) < 4.78 is 5.70. The van der Waals surface area contributed by atoms with Gasteiger partial charge in [-0.05, 0) is 48.4 Å². The number of carbonyl (C=O) groups is 1. The highest BCUT2D eigenvalue weighted by Gasteiger charge is 2.05. The van der Waals surface area contributed by atoms with Gasteiger partial charge in [-0.15, -0.1) is 11.3 Å². The second-order valence-corrected chi connectivity index (χ2v) is 7.91. The number of ether oxygens (including phenoxy) is 1. The second kappa shape index (κ2) is 12.8. The number of likely N-dealkylation sites (N-methyl/N-ethyl adjacent to an activating group) is 1. The van der Waals surface area contributed by atoms with E-state index in [0.717, 1.165) is 44.7 Å². The van der Waals surface area contributed by atoms with Crippen molar-refractivity contribution in [2.75, 3.05) is 40.3 Å². The van der Waals surface area contributed by atoms with Crippen LogP contribution in [0, 0.1) is 0 Å². The van der Waals surface area contributed by atoms with Gasteiger partial charge in [0.2, 0.25) is 5.91 Å². The standard InChI is InChI=1S/C22H32N4O2S/c1-4-14-28-19-8-5-7-18(16-19)10-12-23-22(25-17-21(27)26(2)3)24-13-11-20-9-6-15-29-20/h5-9,15-16H,4,10-14,17H2,1-3H3,(H2,23,24,25). The fourth-order valence-electron chi connectivity index (χ4n) is 2.56. The Morgan fingerprint density at radius 1 is 1.14 bits per heavy atom. The van der Waals surface area contributed by atoms with Crippen LogP contribution in [-0.2, 0) is 17.6 Å². The molecule has 0 unspecified atom stereocenters. The molecular weight excluding hydrogens is 384 g/mol. The molecule has 158 valence electrons. The molecule has 1 aromatic carbocycles. The van der Waals surface area contributed by atoms with Gasteiger partial charge in [-0.25, -0.2) is 4.99 Å². The van der Waals surface area contributed by atoms with Crippen LogP contribution in [0.2, 0.25) is 0 Å². The summed E-state index contributed by atoms with van der Waals surface area (Å²) in [5.74, 6) is 1.55. The summed E-state index contributed by atoms with van der Waals surface area (Å²) >= 11 is 1.75. The first kappa shape index (κ1) is 22.7. The van der Waals surface area contributed by atoms with Crippen LogP contribution >= 0.6 is 11.3 Å². The van der Waals surface area contributed by atoms with Gasteiger partial charge in [0.05, 0.1) is 6.61 Å². The largest absolute Gasteiger partial charge is 0.494 e. The minimum atomic E-state index is -0.0230. The molecule has 0 saturated heterocycles. The van der Waals surface area contributed by atoms with Crippen LogP contribution in [0.15, 0.2) is 46.8 Å². The predicted octanol–water partition coefficient (Wildman–Crippen LogP) is 2.95. The van der Waals surface area contributed by atoms with E-state index in [1.165, 1.54) is 10.4 Å². The molecule has 1 amide bonds. The summed E-state index contributed by atoms with van der Waals surface area (Å²) in [6, 6.07) is 12.4. The Kier molecular flexibility index (Phi) is 10.1. The lowest BCUT2D eigenvalue weighted by Crippen LogP contribution is -2.40. The second-order valence-electron chi connectivity index (χ2n) is 6.88. The third-order valence-electron chi connectivity index (χ3n) is 4.19. The highest BCUT2D eigenvalue weighted by molar-refractivity contribution is 7.09. The van der Waals surface area contributed by atoms with Crippen LogP contribution in [0.5, 0.6) is 5.75 Å². The minimum Gasteiger partial charge on any atom is -0.494 e. The minimum absolute atomic E-state index is 0.0230. The average molecular weight is 417 g/mol. The molecule has 0 atom stereocenters. The van der Waals surface area contributed by atoms with E-state index in [4.69, 9.17) is 4.74 Å². The van der Waals surface area contributed by atoms with Crippen molar-refractivity contribution in [3.8, 4) is 5.75 Å². The molecule has 0 radical (unpaired) electrons. The third-order valence-corrected chi connectivity index (χ3v) is 5.13. The maximum absolute atomic E-state index is 11.9. The van der Waals surface area contributed by atoms with Gasteiger partial charge in [-0.2, -0.15) is 0 Å². The van der Waals surface area contributed by atoms with E-state index in [0.29, 0.717) is 5.96 Å². The highest BCUT2D eigenvalue weighted by atomic mass is 32.1. The summed E-state index contributed by atoms with van der Waals surface area (Å²) in [4.78, 5) is 19.2. The van der Waals surface area contributed by atoms with E-state index < -0.39 is 0 Å². The van der Waals surface area contributed by atoms with E-state index >= 15 is 0 Å². The highest BCUT2D eigenvalue weighted by Crippen LogP contribution is 2.13. The summed E-state index contributed by atoms with van der Waals surface area (Å²) in [7, 11) is 3.48. The van der Waals surface area contributed by atoms with Crippen molar-refractivity contribution in [1.82, 2.24) is 15.5 Å². The molecular formula is C22H32N4O2S. The van der Waals surface area contributed by atoms with Crippen LogP contribution < -0.4 is 15.4 Å². The molecule has 2 N–H and O–H groups in total. The molecule has 7 heteroatoms. The maximum atomic E-state index is 11.9. The molecule has 0 aliphatic heterocycles. The van der Waals surface area contributed by atoms with Gasteiger partial charge in [0.25, 0.3) is 0 Å². The maximum Gasteiger partial charge on any atom is 0.243 e. The predicted molar refractivity (Wildman–Crippen MR) is 121 cm³/mol. The van der Waals surface area contributed by atoms with Crippen molar-refractivity contribution in [3.63, 3.8) is 0 Å². The van der Waals surface area contributed by atoms with E-state index in [2.05, 4.69) is 52.2 Å². The Hall–Kier alpha value is -2.54.